The largest absolute Gasteiger partial charge is 0.489 e. The Hall–Kier alpha value is -0.670. The summed E-state index contributed by atoms with van der Waals surface area (Å²) in [6.45, 7) is 4.85. The molecule has 0 saturated heterocycles. The monoisotopic (exact) mass is 310 g/mol. The molecule has 1 rings (SSSR count). The molecule has 6 nitrogen and oxygen atoms in total. The van der Waals surface area contributed by atoms with Gasteiger partial charge < -0.3 is 14.2 Å². The van der Waals surface area contributed by atoms with Crippen LogP contribution in [-0.4, -0.2) is 46.5 Å². The van der Waals surface area contributed by atoms with Crippen molar-refractivity contribution in [3.05, 3.63) is 9.75 Å². The molecule has 0 radical (unpaired) electrons. The van der Waals surface area contributed by atoms with Gasteiger partial charge in [0, 0.05) is 16.9 Å². The number of thiophene rings is 1. The lowest BCUT2D eigenvalue weighted by Gasteiger charge is -2.08. The first-order valence-electron chi connectivity index (χ1n) is 5.65. The van der Waals surface area contributed by atoms with Crippen LogP contribution in [0.25, 0.3) is 0 Å². The Balaban J connectivity index is 2.64. The van der Waals surface area contributed by atoms with Gasteiger partial charge in [-0.25, -0.2) is 0 Å². The first-order valence-corrected chi connectivity index (χ1v) is 7.90. The van der Waals surface area contributed by atoms with Crippen LogP contribution in [0.1, 0.15) is 9.75 Å². The van der Waals surface area contributed by atoms with Gasteiger partial charge in [0.05, 0.1) is 19.8 Å². The third-order valence-corrected chi connectivity index (χ3v) is 4.45. The topological polar surface area (TPSA) is 82.1 Å². The maximum absolute atomic E-state index is 11.3. The molecule has 0 bridgehead atoms. The third kappa shape index (κ3) is 4.73. The van der Waals surface area contributed by atoms with Crippen LogP contribution in [0.15, 0.2) is 4.90 Å². The lowest BCUT2D eigenvalue weighted by atomic mass is 10.4. The minimum atomic E-state index is -4.27. The van der Waals surface area contributed by atoms with Gasteiger partial charge in [0.15, 0.2) is 5.75 Å². The van der Waals surface area contributed by atoms with Crippen molar-refractivity contribution < 1.29 is 27.2 Å². The van der Waals surface area contributed by atoms with Gasteiger partial charge in [0.25, 0.3) is 10.1 Å². The summed E-state index contributed by atoms with van der Waals surface area (Å²) in [7, 11) is -2.69. The van der Waals surface area contributed by atoms with Crippen LogP contribution in [0.3, 0.4) is 0 Å². The van der Waals surface area contributed by atoms with Gasteiger partial charge in [0.2, 0.25) is 0 Å². The molecule has 8 heteroatoms. The number of methoxy groups -OCH3 is 1. The molecule has 1 heterocycles. The number of rotatable bonds is 8. The van der Waals surface area contributed by atoms with Crippen molar-refractivity contribution >= 4 is 21.5 Å². The fourth-order valence-electron chi connectivity index (χ4n) is 1.56. The lowest BCUT2D eigenvalue weighted by molar-refractivity contribution is 0.0539. The Kier molecular flexibility index (Phi) is 6.21. The quantitative estimate of drug-likeness (QED) is 0.581. The van der Waals surface area contributed by atoms with E-state index in [0.29, 0.717) is 29.6 Å². The Labute approximate surface area is 117 Å². The van der Waals surface area contributed by atoms with E-state index < -0.39 is 10.1 Å². The molecule has 0 aliphatic carbocycles. The number of aryl methyl sites for hydroxylation is 2. The molecule has 0 unspecified atom stereocenters. The molecular weight excluding hydrogens is 292 g/mol. The maximum Gasteiger partial charge on any atom is 0.299 e. The van der Waals surface area contributed by atoms with E-state index in [1.165, 1.54) is 11.3 Å². The molecule has 0 saturated carbocycles. The van der Waals surface area contributed by atoms with Gasteiger partial charge in [-0.2, -0.15) is 8.42 Å². The van der Waals surface area contributed by atoms with E-state index in [-0.39, 0.29) is 17.3 Å². The minimum Gasteiger partial charge on any atom is -0.489 e. The van der Waals surface area contributed by atoms with Crippen molar-refractivity contribution in [1.29, 1.82) is 0 Å². The highest BCUT2D eigenvalue weighted by Crippen LogP contribution is 2.37. The zero-order valence-corrected chi connectivity index (χ0v) is 12.8. The Morgan fingerprint density at radius 3 is 2.32 bits per heavy atom. The molecule has 0 aliphatic rings. The van der Waals surface area contributed by atoms with E-state index in [2.05, 4.69) is 0 Å². The van der Waals surface area contributed by atoms with E-state index in [4.69, 9.17) is 14.2 Å². The second-order valence-electron chi connectivity index (χ2n) is 3.80. The van der Waals surface area contributed by atoms with Gasteiger partial charge in [-0.1, -0.05) is 0 Å². The molecule has 1 aromatic rings. The first-order chi connectivity index (χ1) is 8.88. The SMILES string of the molecule is COCCOCCOc1c(C)sc(C)c1S(=O)(=O)O. The summed E-state index contributed by atoms with van der Waals surface area (Å²) in [5, 5.41) is 0. The van der Waals surface area contributed by atoms with E-state index in [1.54, 1.807) is 21.0 Å². The Morgan fingerprint density at radius 1 is 1.11 bits per heavy atom. The second-order valence-corrected chi connectivity index (χ2v) is 6.59. The number of hydrogen-bond donors (Lipinski definition) is 1. The molecule has 1 N–H and O–H groups in total. The van der Waals surface area contributed by atoms with Crippen molar-refractivity contribution in [3.8, 4) is 5.75 Å². The van der Waals surface area contributed by atoms with Crippen LogP contribution in [0, 0.1) is 13.8 Å². The van der Waals surface area contributed by atoms with Gasteiger partial charge in [-0.15, -0.1) is 11.3 Å². The molecule has 0 aromatic carbocycles. The summed E-state index contributed by atoms with van der Waals surface area (Å²) in [5.41, 5.74) is 0. The van der Waals surface area contributed by atoms with Gasteiger partial charge in [0.1, 0.15) is 11.5 Å². The highest BCUT2D eigenvalue weighted by Gasteiger charge is 2.24. The zero-order chi connectivity index (χ0) is 14.5. The Morgan fingerprint density at radius 2 is 1.74 bits per heavy atom. The summed E-state index contributed by atoms with van der Waals surface area (Å²) in [4.78, 5) is 1.07. The van der Waals surface area contributed by atoms with E-state index in [9.17, 15) is 13.0 Å². The highest BCUT2D eigenvalue weighted by molar-refractivity contribution is 7.86. The molecular formula is C11H18O6S2. The van der Waals surface area contributed by atoms with Crippen LogP contribution in [0.5, 0.6) is 5.75 Å². The van der Waals surface area contributed by atoms with Gasteiger partial charge in [-0.3, -0.25) is 4.55 Å². The van der Waals surface area contributed by atoms with Crippen molar-refractivity contribution in [2.24, 2.45) is 0 Å². The predicted molar refractivity (Wildman–Crippen MR) is 71.8 cm³/mol. The second kappa shape index (κ2) is 7.20. The van der Waals surface area contributed by atoms with Crippen molar-refractivity contribution in [2.45, 2.75) is 18.7 Å². The van der Waals surface area contributed by atoms with Crippen LogP contribution in [0.4, 0.5) is 0 Å². The van der Waals surface area contributed by atoms with Gasteiger partial charge in [-0.05, 0) is 13.8 Å². The van der Waals surface area contributed by atoms with Crippen molar-refractivity contribution in [1.82, 2.24) is 0 Å². The molecule has 19 heavy (non-hydrogen) atoms. The molecule has 0 aliphatic heterocycles. The normalized spacial score (nSPS) is 11.8. The van der Waals surface area contributed by atoms with Crippen LogP contribution in [-0.2, 0) is 19.6 Å². The van der Waals surface area contributed by atoms with E-state index >= 15 is 0 Å². The predicted octanol–water partition coefficient (Wildman–Crippen LogP) is 1.65. The number of ether oxygens (including phenoxy) is 3. The van der Waals surface area contributed by atoms with Gasteiger partial charge >= 0.3 is 0 Å². The lowest BCUT2D eigenvalue weighted by Crippen LogP contribution is -2.11. The van der Waals surface area contributed by atoms with E-state index in [1.807, 2.05) is 0 Å². The smallest absolute Gasteiger partial charge is 0.299 e. The molecule has 110 valence electrons. The average Bonchev–Trinajstić information content (AvgIpc) is 2.58. The first kappa shape index (κ1) is 16.4. The summed E-state index contributed by atoms with van der Waals surface area (Å²) in [6.07, 6.45) is 0. The van der Waals surface area contributed by atoms with Crippen LogP contribution in [0.2, 0.25) is 0 Å². The summed E-state index contributed by atoms with van der Waals surface area (Å²) < 4.78 is 47.2. The van der Waals surface area contributed by atoms with Crippen LogP contribution < -0.4 is 4.74 Å². The third-order valence-electron chi connectivity index (χ3n) is 2.32. The fourth-order valence-corrected chi connectivity index (χ4v) is 3.77. The fraction of sp³-hybridized carbons (Fsp3) is 0.636. The zero-order valence-electron chi connectivity index (χ0n) is 11.1. The standard InChI is InChI=1S/C11H18O6S2/c1-8-10(17-7-6-16-5-4-15-3)11(9(2)18-8)19(12,13)14/h4-7H2,1-3H3,(H,12,13,14). The number of hydrogen-bond acceptors (Lipinski definition) is 6. The highest BCUT2D eigenvalue weighted by atomic mass is 32.2. The molecule has 0 fully saturated rings. The van der Waals surface area contributed by atoms with Crippen LogP contribution >= 0.6 is 11.3 Å². The molecule has 1 aromatic heterocycles. The summed E-state index contributed by atoms with van der Waals surface area (Å²) >= 11 is 1.27. The Bertz CT molecular complexity index is 506. The van der Waals surface area contributed by atoms with Crippen molar-refractivity contribution in [3.63, 3.8) is 0 Å². The molecule has 0 amide bonds. The maximum atomic E-state index is 11.3. The van der Waals surface area contributed by atoms with E-state index in [0.717, 1.165) is 0 Å². The molecule has 0 spiro atoms. The molecule has 0 atom stereocenters. The summed E-state index contributed by atoms with van der Waals surface area (Å²) in [6, 6.07) is 0. The minimum absolute atomic E-state index is 0.146. The average molecular weight is 310 g/mol. The van der Waals surface area contributed by atoms with Crippen molar-refractivity contribution in [2.75, 3.05) is 33.5 Å². The summed E-state index contributed by atoms with van der Waals surface area (Å²) in [5.74, 6) is 0.209.